The lowest BCUT2D eigenvalue weighted by Crippen LogP contribution is -2.40. The number of carboxylic acids is 1. The molecule has 1 atom stereocenters. The van der Waals surface area contributed by atoms with Crippen molar-refractivity contribution in [2.75, 3.05) is 0 Å². The zero-order valence-corrected chi connectivity index (χ0v) is 23.9. The lowest BCUT2D eigenvalue weighted by Gasteiger charge is -2.31. The number of nitrogens with zero attached hydrogens (tertiary/aromatic N) is 3. The standard InChI is InChI=1S/C35H33FN4O3/c1-22(24-11-13-28(14-12-24)35(42)43)37-34(41)31-19-29(25-5-3-2-4-6-25)20-32-33(31)40(39-38-32)21-23-7-9-26(10-8-23)27-15-17-30(36)18-16-27/h2-10,15-20,22,24,28H,11-14,21H2,1H3,(H,37,41)(H,42,43)/t22-,24?,28?/m0/s1. The van der Waals surface area contributed by atoms with Crippen molar-refractivity contribution in [3.05, 3.63) is 108 Å². The third-order valence-electron chi connectivity index (χ3n) is 8.61. The van der Waals surface area contributed by atoms with E-state index in [-0.39, 0.29) is 29.6 Å². The predicted octanol–water partition coefficient (Wildman–Crippen LogP) is 6.96. The first-order chi connectivity index (χ1) is 20.9. The maximum Gasteiger partial charge on any atom is 0.306 e. The van der Waals surface area contributed by atoms with E-state index in [2.05, 4.69) is 15.6 Å². The van der Waals surface area contributed by atoms with Crippen LogP contribution in [0.2, 0.25) is 0 Å². The van der Waals surface area contributed by atoms with Crippen molar-refractivity contribution in [1.82, 2.24) is 20.3 Å². The molecule has 1 heterocycles. The number of hydrogen-bond donors (Lipinski definition) is 2. The number of hydrogen-bond acceptors (Lipinski definition) is 4. The summed E-state index contributed by atoms with van der Waals surface area (Å²) in [6.07, 6.45) is 2.80. The molecule has 2 N–H and O–H groups in total. The molecule has 4 aromatic carbocycles. The third-order valence-corrected chi connectivity index (χ3v) is 8.61. The number of nitrogens with one attached hydrogen (secondary N) is 1. The van der Waals surface area contributed by atoms with Gasteiger partial charge in [0.15, 0.2) is 0 Å². The van der Waals surface area contributed by atoms with Crippen molar-refractivity contribution < 1.29 is 19.1 Å². The zero-order valence-electron chi connectivity index (χ0n) is 23.9. The van der Waals surface area contributed by atoms with Crippen LogP contribution in [0.4, 0.5) is 4.39 Å². The molecule has 1 aromatic heterocycles. The van der Waals surface area contributed by atoms with Gasteiger partial charge in [0.2, 0.25) is 0 Å². The first kappa shape index (κ1) is 28.3. The molecule has 218 valence electrons. The Bertz CT molecular complexity index is 1740. The molecule has 7 nitrogen and oxygen atoms in total. The summed E-state index contributed by atoms with van der Waals surface area (Å²) >= 11 is 0. The van der Waals surface area contributed by atoms with Crippen molar-refractivity contribution in [3.8, 4) is 22.3 Å². The minimum Gasteiger partial charge on any atom is -0.481 e. The number of benzene rings is 4. The number of amides is 1. The highest BCUT2D eigenvalue weighted by Gasteiger charge is 2.30. The van der Waals surface area contributed by atoms with Crippen molar-refractivity contribution in [1.29, 1.82) is 0 Å². The third kappa shape index (κ3) is 6.18. The fraction of sp³-hybridized carbons (Fsp3) is 0.257. The zero-order chi connectivity index (χ0) is 29.9. The average Bonchev–Trinajstić information content (AvgIpc) is 3.44. The summed E-state index contributed by atoms with van der Waals surface area (Å²) in [5, 5.41) is 21.5. The van der Waals surface area contributed by atoms with Gasteiger partial charge in [0.1, 0.15) is 16.9 Å². The van der Waals surface area contributed by atoms with Crippen LogP contribution in [-0.2, 0) is 11.3 Å². The van der Waals surface area contributed by atoms with Crippen LogP contribution in [0.25, 0.3) is 33.3 Å². The van der Waals surface area contributed by atoms with Crippen LogP contribution >= 0.6 is 0 Å². The monoisotopic (exact) mass is 576 g/mol. The first-order valence-corrected chi connectivity index (χ1v) is 14.7. The van der Waals surface area contributed by atoms with Gasteiger partial charge in [0.05, 0.1) is 18.0 Å². The first-order valence-electron chi connectivity index (χ1n) is 14.7. The molecule has 0 spiro atoms. The molecule has 5 aromatic rings. The van der Waals surface area contributed by atoms with E-state index in [9.17, 15) is 19.1 Å². The topological polar surface area (TPSA) is 97.1 Å². The molecule has 0 bridgehead atoms. The maximum atomic E-state index is 13.9. The fourth-order valence-corrected chi connectivity index (χ4v) is 6.08. The van der Waals surface area contributed by atoms with Gasteiger partial charge in [-0.25, -0.2) is 9.07 Å². The summed E-state index contributed by atoms with van der Waals surface area (Å²) in [4.78, 5) is 25.3. The number of carboxylic acid groups (broad SMARTS) is 1. The molecule has 1 aliphatic carbocycles. The Morgan fingerprint density at radius 3 is 2.16 bits per heavy atom. The largest absolute Gasteiger partial charge is 0.481 e. The maximum absolute atomic E-state index is 13.9. The van der Waals surface area contributed by atoms with Crippen molar-refractivity contribution in [2.24, 2.45) is 11.8 Å². The van der Waals surface area contributed by atoms with Gasteiger partial charge < -0.3 is 10.4 Å². The number of halogens is 1. The van der Waals surface area contributed by atoms with E-state index < -0.39 is 5.97 Å². The highest BCUT2D eigenvalue weighted by atomic mass is 19.1. The molecule has 0 radical (unpaired) electrons. The fourth-order valence-electron chi connectivity index (χ4n) is 6.08. The Morgan fingerprint density at radius 2 is 1.51 bits per heavy atom. The van der Waals surface area contributed by atoms with Gasteiger partial charge >= 0.3 is 5.97 Å². The Balaban J connectivity index is 1.29. The molecule has 0 aliphatic heterocycles. The van der Waals surface area contributed by atoms with Gasteiger partial charge in [-0.3, -0.25) is 9.59 Å². The quantitative estimate of drug-likeness (QED) is 0.208. The number of carbonyl (C=O) groups excluding carboxylic acids is 1. The molecular formula is C35H33FN4O3. The molecule has 0 unspecified atom stereocenters. The van der Waals surface area contributed by atoms with Crippen LogP contribution in [0.15, 0.2) is 91.0 Å². The van der Waals surface area contributed by atoms with Crippen LogP contribution in [0.3, 0.4) is 0 Å². The number of fused-ring (bicyclic) bond motifs is 1. The molecule has 1 aliphatic rings. The summed E-state index contributed by atoms with van der Waals surface area (Å²) in [6.45, 7) is 2.42. The second-order valence-electron chi connectivity index (χ2n) is 11.4. The van der Waals surface area contributed by atoms with E-state index in [4.69, 9.17) is 0 Å². The lowest BCUT2D eigenvalue weighted by atomic mass is 9.79. The molecule has 1 fully saturated rings. The Hall–Kier alpha value is -4.85. The molecule has 8 heteroatoms. The summed E-state index contributed by atoms with van der Waals surface area (Å²) in [5.74, 6) is -1.29. The number of aromatic nitrogens is 3. The van der Waals surface area contributed by atoms with E-state index in [1.54, 1.807) is 16.8 Å². The Morgan fingerprint density at radius 1 is 0.884 bits per heavy atom. The van der Waals surface area contributed by atoms with E-state index in [0.29, 0.717) is 36.0 Å². The summed E-state index contributed by atoms with van der Waals surface area (Å²) in [7, 11) is 0. The highest BCUT2D eigenvalue weighted by Crippen LogP contribution is 2.32. The van der Waals surface area contributed by atoms with Gasteiger partial charge in [0, 0.05) is 6.04 Å². The second kappa shape index (κ2) is 12.2. The molecule has 6 rings (SSSR count). The van der Waals surface area contributed by atoms with Crippen LogP contribution in [0, 0.1) is 17.7 Å². The van der Waals surface area contributed by atoms with Crippen LogP contribution < -0.4 is 5.32 Å². The molecule has 1 saturated carbocycles. The van der Waals surface area contributed by atoms with Gasteiger partial charge in [0.25, 0.3) is 5.91 Å². The SMILES string of the molecule is C[C@H](NC(=O)c1cc(-c2ccccc2)cc2nnn(Cc3ccc(-c4ccc(F)cc4)cc3)c12)C1CCC(C(=O)O)CC1. The van der Waals surface area contributed by atoms with Gasteiger partial charge in [-0.2, -0.15) is 0 Å². The minimum atomic E-state index is -0.735. The van der Waals surface area contributed by atoms with E-state index in [0.717, 1.165) is 40.7 Å². The second-order valence-corrected chi connectivity index (χ2v) is 11.4. The van der Waals surface area contributed by atoms with E-state index in [1.165, 1.54) is 12.1 Å². The van der Waals surface area contributed by atoms with Crippen LogP contribution in [-0.4, -0.2) is 38.0 Å². The smallest absolute Gasteiger partial charge is 0.306 e. The van der Waals surface area contributed by atoms with E-state index >= 15 is 0 Å². The van der Waals surface area contributed by atoms with Gasteiger partial charge in [-0.1, -0.05) is 71.9 Å². The molecule has 43 heavy (non-hydrogen) atoms. The highest BCUT2D eigenvalue weighted by molar-refractivity contribution is 6.06. The molecular weight excluding hydrogens is 543 g/mol. The molecule has 0 saturated heterocycles. The van der Waals surface area contributed by atoms with Crippen molar-refractivity contribution in [2.45, 2.75) is 45.2 Å². The summed E-state index contributed by atoms with van der Waals surface area (Å²) in [6, 6.07) is 28.0. The minimum absolute atomic E-state index is 0.110. The van der Waals surface area contributed by atoms with Crippen LogP contribution in [0.1, 0.15) is 48.5 Å². The Kier molecular flexibility index (Phi) is 8.01. The number of rotatable bonds is 8. The summed E-state index contributed by atoms with van der Waals surface area (Å²) in [5.41, 5.74) is 6.52. The van der Waals surface area contributed by atoms with Gasteiger partial charge in [-0.15, -0.1) is 5.10 Å². The van der Waals surface area contributed by atoms with Gasteiger partial charge in [-0.05, 0) is 90.6 Å². The van der Waals surface area contributed by atoms with Crippen molar-refractivity contribution >= 4 is 22.9 Å². The number of carbonyl (C=O) groups is 2. The Labute approximate surface area is 249 Å². The van der Waals surface area contributed by atoms with E-state index in [1.807, 2.05) is 73.7 Å². The predicted molar refractivity (Wildman–Crippen MR) is 164 cm³/mol. The van der Waals surface area contributed by atoms with Crippen molar-refractivity contribution in [3.63, 3.8) is 0 Å². The summed E-state index contributed by atoms with van der Waals surface area (Å²) < 4.78 is 15.1. The normalized spacial score (nSPS) is 17.4. The van der Waals surface area contributed by atoms with Crippen LogP contribution in [0.5, 0.6) is 0 Å². The molecule has 1 amide bonds. The lowest BCUT2D eigenvalue weighted by molar-refractivity contribution is -0.143. The average molecular weight is 577 g/mol. The number of aliphatic carboxylic acids is 1.